The second-order valence-corrected chi connectivity index (χ2v) is 8.85. The van der Waals surface area contributed by atoms with Crippen molar-refractivity contribution in [3.8, 4) is 0 Å². The number of amides is 2. The van der Waals surface area contributed by atoms with Crippen LogP contribution in [0.3, 0.4) is 0 Å². The Hall–Kier alpha value is -4.13. The lowest BCUT2D eigenvalue weighted by Crippen LogP contribution is -2.23. The quantitative estimate of drug-likeness (QED) is 0.373. The number of esters is 1. The van der Waals surface area contributed by atoms with Crippen LogP contribution in [0.4, 0.5) is 0 Å². The fourth-order valence-corrected chi connectivity index (χ4v) is 5.33. The highest BCUT2D eigenvalue weighted by Gasteiger charge is 2.38. The number of carbonyl (C=O) groups excluding carboxylic acids is 3. The fraction of sp³-hybridized carbons (Fsp3) is 0.222. The summed E-state index contributed by atoms with van der Waals surface area (Å²) in [4.78, 5) is 37.7. The van der Waals surface area contributed by atoms with Crippen LogP contribution in [0.25, 0.3) is 27.6 Å². The zero-order chi connectivity index (χ0) is 23.4. The molecule has 0 radical (unpaired) electrons. The number of ether oxygens (including phenoxy) is 1. The molecule has 2 amide bonds. The molecule has 7 nitrogen and oxygen atoms in total. The van der Waals surface area contributed by atoms with Crippen molar-refractivity contribution in [2.45, 2.75) is 26.2 Å². The summed E-state index contributed by atoms with van der Waals surface area (Å²) in [6, 6.07) is 13.3. The molecule has 0 bridgehead atoms. The maximum Gasteiger partial charge on any atom is 0.302 e. The number of imide groups is 1. The lowest BCUT2D eigenvalue weighted by molar-refractivity contribution is -0.142. The van der Waals surface area contributed by atoms with Gasteiger partial charge in [0.2, 0.25) is 0 Å². The van der Waals surface area contributed by atoms with Crippen molar-refractivity contribution in [3.63, 3.8) is 0 Å². The zero-order valence-corrected chi connectivity index (χ0v) is 18.6. The minimum Gasteiger partial charge on any atom is -0.466 e. The van der Waals surface area contributed by atoms with E-state index in [4.69, 9.17) is 9.15 Å². The van der Waals surface area contributed by atoms with E-state index in [1.54, 1.807) is 6.26 Å². The molecule has 4 aromatic rings. The molecule has 0 spiro atoms. The van der Waals surface area contributed by atoms with Gasteiger partial charge in [0.15, 0.2) is 0 Å². The summed E-state index contributed by atoms with van der Waals surface area (Å²) in [6.07, 6.45) is 5.87. The molecule has 34 heavy (non-hydrogen) atoms. The molecule has 1 atom stereocenters. The van der Waals surface area contributed by atoms with E-state index in [2.05, 4.69) is 9.72 Å². The number of nitrogens with one attached hydrogen (secondary N) is 1. The second kappa shape index (κ2) is 7.73. The van der Waals surface area contributed by atoms with Gasteiger partial charge in [0, 0.05) is 35.3 Å². The third-order valence-corrected chi connectivity index (χ3v) is 6.79. The molecule has 1 aliphatic carbocycles. The Bertz CT molecular complexity index is 1540. The van der Waals surface area contributed by atoms with Crippen molar-refractivity contribution in [2.24, 2.45) is 5.92 Å². The number of hydrogen-bond acceptors (Lipinski definition) is 5. The Balaban J connectivity index is 1.59. The van der Waals surface area contributed by atoms with Crippen LogP contribution in [0.5, 0.6) is 0 Å². The molecule has 0 saturated heterocycles. The highest BCUT2D eigenvalue weighted by atomic mass is 16.5. The van der Waals surface area contributed by atoms with Crippen LogP contribution in [0.2, 0.25) is 0 Å². The topological polar surface area (TPSA) is 90.0 Å². The first-order valence-electron chi connectivity index (χ1n) is 11.3. The Morgan fingerprint density at radius 2 is 1.91 bits per heavy atom. The molecule has 4 heterocycles. The monoisotopic (exact) mass is 454 g/mol. The third kappa shape index (κ3) is 3.08. The van der Waals surface area contributed by atoms with Crippen molar-refractivity contribution in [1.29, 1.82) is 0 Å². The molecule has 3 aromatic heterocycles. The van der Waals surface area contributed by atoms with Gasteiger partial charge in [-0.2, -0.15) is 0 Å². The first-order chi connectivity index (χ1) is 16.5. The van der Waals surface area contributed by atoms with Gasteiger partial charge in [0.1, 0.15) is 5.58 Å². The molecular formula is C27H22N2O5. The third-order valence-electron chi connectivity index (χ3n) is 6.79. The molecule has 1 aromatic carbocycles. The Kier molecular flexibility index (Phi) is 4.65. The number of aryl methyl sites for hydroxylation is 1. The molecule has 7 heteroatoms. The van der Waals surface area contributed by atoms with Gasteiger partial charge in [0.25, 0.3) is 11.8 Å². The number of carbonyl (C=O) groups is 3. The Labute approximate surface area is 195 Å². The maximum atomic E-state index is 13.3. The standard InChI is InChI=1S/C27H22N2O5/c1-15(30)33-13-16-9-10-20-18(12-16)23(21-7-4-5-11-29(20)21)25-24(26(31)28-27(25)32)19-14-34-22-8-3-2-6-17(19)22/h2-8,11,14,16H,9-10,12-13H2,1H3,(H,28,31,32). The van der Waals surface area contributed by atoms with E-state index in [1.165, 1.54) is 6.92 Å². The lowest BCUT2D eigenvalue weighted by Gasteiger charge is -2.23. The predicted octanol–water partition coefficient (Wildman–Crippen LogP) is 3.92. The Morgan fingerprint density at radius 3 is 2.76 bits per heavy atom. The summed E-state index contributed by atoms with van der Waals surface area (Å²) < 4.78 is 13.1. The number of aromatic nitrogens is 1. The summed E-state index contributed by atoms with van der Waals surface area (Å²) in [7, 11) is 0. The molecule has 0 saturated carbocycles. The SMILES string of the molecule is CC(=O)OCC1CCc2c(c(C3=C(c4coc5ccccc45)C(=O)NC3=O)c3ccccn23)C1. The van der Waals surface area contributed by atoms with Gasteiger partial charge in [-0.15, -0.1) is 0 Å². The van der Waals surface area contributed by atoms with Crippen molar-refractivity contribution in [1.82, 2.24) is 9.72 Å². The normalized spacial score (nSPS) is 18.0. The lowest BCUT2D eigenvalue weighted by atomic mass is 9.83. The zero-order valence-electron chi connectivity index (χ0n) is 18.6. The molecule has 170 valence electrons. The molecule has 0 fully saturated rings. The van der Waals surface area contributed by atoms with E-state index < -0.39 is 11.8 Å². The van der Waals surface area contributed by atoms with Crippen molar-refractivity contribution in [3.05, 3.63) is 77.3 Å². The maximum absolute atomic E-state index is 13.3. The summed E-state index contributed by atoms with van der Waals surface area (Å²) in [5.41, 5.74) is 5.76. The van der Waals surface area contributed by atoms with Crippen molar-refractivity contribution < 1.29 is 23.5 Å². The van der Waals surface area contributed by atoms with Crippen LogP contribution in [-0.4, -0.2) is 28.8 Å². The number of nitrogens with zero attached hydrogens (tertiary/aromatic N) is 1. The van der Waals surface area contributed by atoms with Gasteiger partial charge in [-0.3, -0.25) is 19.7 Å². The highest BCUT2D eigenvalue weighted by Crippen LogP contribution is 2.42. The van der Waals surface area contributed by atoms with Gasteiger partial charge in [-0.05, 0) is 48.9 Å². The van der Waals surface area contributed by atoms with Crippen molar-refractivity contribution >= 4 is 45.4 Å². The second-order valence-electron chi connectivity index (χ2n) is 8.85. The summed E-state index contributed by atoms with van der Waals surface area (Å²) in [5, 5.41) is 3.29. The number of pyridine rings is 1. The number of furan rings is 1. The van der Waals surface area contributed by atoms with E-state index in [9.17, 15) is 14.4 Å². The minimum absolute atomic E-state index is 0.145. The summed E-state index contributed by atoms with van der Waals surface area (Å²) in [6.45, 7) is 1.75. The summed E-state index contributed by atoms with van der Waals surface area (Å²) in [5.74, 6) is -0.994. The van der Waals surface area contributed by atoms with Gasteiger partial charge < -0.3 is 13.6 Å². The number of rotatable bonds is 4. The van der Waals surface area contributed by atoms with E-state index in [0.717, 1.165) is 40.6 Å². The van der Waals surface area contributed by atoms with Gasteiger partial charge >= 0.3 is 5.97 Å². The largest absolute Gasteiger partial charge is 0.466 e. The first kappa shape index (κ1) is 20.5. The predicted molar refractivity (Wildman–Crippen MR) is 126 cm³/mol. The van der Waals surface area contributed by atoms with E-state index in [0.29, 0.717) is 35.3 Å². The van der Waals surface area contributed by atoms with Crippen LogP contribution >= 0.6 is 0 Å². The number of benzene rings is 1. The van der Waals surface area contributed by atoms with Crippen LogP contribution in [0.15, 0.2) is 59.3 Å². The van der Waals surface area contributed by atoms with Crippen molar-refractivity contribution in [2.75, 3.05) is 6.61 Å². The molecule has 1 aliphatic heterocycles. The smallest absolute Gasteiger partial charge is 0.302 e. The number of fused-ring (bicyclic) bond motifs is 4. The van der Waals surface area contributed by atoms with E-state index in [1.807, 2.05) is 48.7 Å². The molecular weight excluding hydrogens is 432 g/mol. The van der Waals surface area contributed by atoms with Gasteiger partial charge in [-0.25, -0.2) is 0 Å². The molecule has 2 aliphatic rings. The fourth-order valence-electron chi connectivity index (χ4n) is 5.33. The molecule has 1 N–H and O–H groups in total. The van der Waals surface area contributed by atoms with Gasteiger partial charge in [0.05, 0.1) is 29.5 Å². The highest BCUT2D eigenvalue weighted by molar-refractivity contribution is 6.50. The number of para-hydroxylation sites is 1. The molecule has 1 unspecified atom stereocenters. The average molecular weight is 454 g/mol. The number of hydrogen-bond donors (Lipinski definition) is 1. The van der Waals surface area contributed by atoms with Crippen LogP contribution in [0.1, 0.15) is 35.7 Å². The van der Waals surface area contributed by atoms with E-state index in [-0.39, 0.29) is 11.9 Å². The van der Waals surface area contributed by atoms with Gasteiger partial charge in [-0.1, -0.05) is 24.3 Å². The van der Waals surface area contributed by atoms with Crippen LogP contribution in [-0.2, 0) is 32.0 Å². The van der Waals surface area contributed by atoms with Crippen LogP contribution in [0, 0.1) is 5.92 Å². The summed E-state index contributed by atoms with van der Waals surface area (Å²) >= 11 is 0. The van der Waals surface area contributed by atoms with Crippen LogP contribution < -0.4 is 5.32 Å². The van der Waals surface area contributed by atoms with E-state index >= 15 is 0 Å². The molecule has 6 rings (SSSR count). The average Bonchev–Trinajstić information content (AvgIpc) is 3.48. The minimum atomic E-state index is -0.428. The first-order valence-corrected chi connectivity index (χ1v) is 11.3. The Morgan fingerprint density at radius 1 is 1.12 bits per heavy atom.